The van der Waals surface area contributed by atoms with Gasteiger partial charge in [-0.1, -0.05) is 17.3 Å². The van der Waals surface area contributed by atoms with E-state index >= 15 is 0 Å². The number of anilines is 1. The molecule has 2 aromatic rings. The van der Waals surface area contributed by atoms with E-state index in [4.69, 9.17) is 4.74 Å². The normalized spacial score (nSPS) is 12.5. The molecule has 1 unspecified atom stereocenters. The fraction of sp³-hybridized carbons (Fsp3) is 0.231. The number of aromatic nitrogens is 3. The number of hydrogen-bond acceptors (Lipinski definition) is 9. The Balaban J connectivity index is 2.64. The van der Waals surface area contributed by atoms with Crippen molar-refractivity contribution in [3.05, 3.63) is 46.1 Å². The van der Waals surface area contributed by atoms with Crippen LogP contribution in [-0.4, -0.2) is 42.5 Å². The highest BCUT2D eigenvalue weighted by atomic mass is 32.2. The number of para-hydroxylation sites is 1. The number of nitrogens with zero attached hydrogens (tertiary/aromatic N) is 4. The summed E-state index contributed by atoms with van der Waals surface area (Å²) >= 11 is 0. The largest absolute Gasteiger partial charge is 0.467 e. The lowest BCUT2D eigenvalue weighted by atomic mass is 10.0. The number of aldehydes is 1. The maximum absolute atomic E-state index is 14.1. The first-order chi connectivity index (χ1) is 12.7. The summed E-state index contributed by atoms with van der Waals surface area (Å²) in [5, 5.41) is 2.69. The summed E-state index contributed by atoms with van der Waals surface area (Å²) in [5.41, 5.74) is -1.39. The van der Waals surface area contributed by atoms with Gasteiger partial charge in [-0.2, -0.15) is 18.7 Å². The number of carbonyl (C=O) groups is 1. The van der Waals surface area contributed by atoms with Crippen molar-refractivity contribution in [2.75, 3.05) is 11.8 Å². The summed E-state index contributed by atoms with van der Waals surface area (Å²) in [7, 11) is -4.09. The van der Waals surface area contributed by atoms with Crippen LogP contribution in [0.3, 0.4) is 0 Å². The lowest BCUT2D eigenvalue weighted by Gasteiger charge is -2.16. The van der Waals surface area contributed by atoms with Crippen LogP contribution in [0.5, 0.6) is 6.01 Å². The fourth-order valence-corrected chi connectivity index (χ4v) is 2.55. The second kappa shape index (κ2) is 8.03. The molecule has 144 valence electrons. The molecule has 0 amide bonds. The number of ether oxygens (including phenoxy) is 1. The number of carbonyl (C=O) groups excluding carboxylic acids is 1. The summed E-state index contributed by atoms with van der Waals surface area (Å²) < 4.78 is 68.3. The van der Waals surface area contributed by atoms with Crippen molar-refractivity contribution in [3.8, 4) is 6.01 Å². The molecule has 10 nitrogen and oxygen atoms in total. The van der Waals surface area contributed by atoms with Crippen LogP contribution in [0.15, 0.2) is 23.4 Å². The van der Waals surface area contributed by atoms with Crippen molar-refractivity contribution < 1.29 is 31.1 Å². The predicted molar refractivity (Wildman–Crippen MR) is 84.4 cm³/mol. The van der Waals surface area contributed by atoms with Crippen molar-refractivity contribution in [1.82, 2.24) is 15.0 Å². The topological polar surface area (TPSA) is 141 Å². The average molecular weight is 405 g/mol. The third-order valence-corrected chi connectivity index (χ3v) is 4.06. The van der Waals surface area contributed by atoms with Crippen molar-refractivity contribution >= 4 is 22.0 Å². The zero-order valence-corrected chi connectivity index (χ0v) is 14.2. The maximum atomic E-state index is 14.1. The Bertz CT molecular complexity index is 973. The minimum atomic E-state index is -5.25. The first kappa shape index (κ1) is 20.2. The smallest absolute Gasteiger partial charge is 0.355 e. The number of hydrogen-bond donors (Lipinski definition) is 1. The van der Waals surface area contributed by atoms with Gasteiger partial charge in [0.15, 0.2) is 24.0 Å². The number of nitroso groups, excluding NO2 is 1. The predicted octanol–water partition coefficient (Wildman–Crippen LogP) is 1.65. The maximum Gasteiger partial charge on any atom is 0.355 e. The van der Waals surface area contributed by atoms with Gasteiger partial charge < -0.3 is 4.74 Å². The average Bonchev–Trinajstić information content (AvgIpc) is 2.64. The first-order valence-electron chi connectivity index (χ1n) is 6.89. The van der Waals surface area contributed by atoms with E-state index in [1.54, 1.807) is 0 Å². The summed E-state index contributed by atoms with van der Waals surface area (Å²) in [4.78, 5) is 33.2. The van der Waals surface area contributed by atoms with Crippen molar-refractivity contribution in [2.45, 2.75) is 11.8 Å². The Morgan fingerprint density at radius 2 is 1.96 bits per heavy atom. The molecule has 0 aliphatic heterocycles. The highest BCUT2D eigenvalue weighted by molar-refractivity contribution is 7.93. The molecule has 0 radical (unpaired) electrons. The molecule has 1 N–H and O–H groups in total. The van der Waals surface area contributed by atoms with Crippen LogP contribution in [0, 0.1) is 10.7 Å². The number of methoxy groups -OCH3 is 1. The standard InChI is InChI=1S/C13H10F3N5O5S/c1-26-13-18-8(5-22)17-11(19-13)10(20-23)6-3-2-4-7(14)9(6)21-27(24,25)12(15)16/h2-5,10,12,21H,1H3. The van der Waals surface area contributed by atoms with Crippen LogP contribution in [0.4, 0.5) is 18.9 Å². The quantitative estimate of drug-likeness (QED) is 0.516. The summed E-state index contributed by atoms with van der Waals surface area (Å²) in [6.07, 6.45) is 0.210. The number of alkyl halides is 2. The highest BCUT2D eigenvalue weighted by Gasteiger charge is 2.30. The zero-order valence-electron chi connectivity index (χ0n) is 13.3. The molecule has 0 saturated carbocycles. The number of halogens is 3. The summed E-state index contributed by atoms with van der Waals surface area (Å²) in [5.74, 6) is -6.04. The lowest BCUT2D eigenvalue weighted by Crippen LogP contribution is -2.23. The van der Waals surface area contributed by atoms with Crippen molar-refractivity contribution in [3.63, 3.8) is 0 Å². The van der Waals surface area contributed by atoms with Crippen LogP contribution in [0.1, 0.15) is 28.0 Å². The molecule has 1 heterocycles. The van der Waals surface area contributed by atoms with Crippen LogP contribution in [0.25, 0.3) is 0 Å². The lowest BCUT2D eigenvalue weighted by molar-refractivity contribution is 0.111. The van der Waals surface area contributed by atoms with E-state index in [1.165, 1.54) is 4.72 Å². The summed E-state index contributed by atoms with van der Waals surface area (Å²) in [6, 6.07) is 0.783. The molecular formula is C13H10F3N5O5S. The third kappa shape index (κ3) is 4.33. The Morgan fingerprint density at radius 3 is 2.52 bits per heavy atom. The fourth-order valence-electron chi connectivity index (χ4n) is 1.96. The molecule has 1 aromatic carbocycles. The number of benzene rings is 1. The first-order valence-corrected chi connectivity index (χ1v) is 8.44. The highest BCUT2D eigenvalue weighted by Crippen LogP contribution is 2.33. The molecule has 0 aliphatic carbocycles. The van der Waals surface area contributed by atoms with Crippen molar-refractivity contribution in [1.29, 1.82) is 0 Å². The van der Waals surface area contributed by atoms with Gasteiger partial charge in [0.25, 0.3) is 10.0 Å². The Kier molecular flexibility index (Phi) is 5.99. The molecule has 2 rings (SSSR count). The van der Waals surface area contributed by atoms with Gasteiger partial charge in [-0.3, -0.25) is 9.52 Å². The van der Waals surface area contributed by atoms with E-state index in [0.29, 0.717) is 0 Å². The second-order valence-corrected chi connectivity index (χ2v) is 6.43. The van der Waals surface area contributed by atoms with E-state index < -0.39 is 50.5 Å². The van der Waals surface area contributed by atoms with Gasteiger partial charge in [-0.15, -0.1) is 4.91 Å². The zero-order chi connectivity index (χ0) is 20.2. The minimum Gasteiger partial charge on any atom is -0.467 e. The Morgan fingerprint density at radius 1 is 1.26 bits per heavy atom. The Labute approximate surface area is 149 Å². The molecule has 0 bridgehead atoms. The van der Waals surface area contributed by atoms with E-state index in [-0.39, 0.29) is 12.3 Å². The number of rotatable bonds is 8. The molecular weight excluding hydrogens is 395 g/mol. The van der Waals surface area contributed by atoms with Gasteiger partial charge in [0.2, 0.25) is 0 Å². The molecule has 14 heteroatoms. The van der Waals surface area contributed by atoms with E-state index in [0.717, 1.165) is 25.3 Å². The molecule has 0 fully saturated rings. The SMILES string of the molecule is COc1nc(C=O)nc(C(N=O)c2cccc(F)c2NS(=O)(=O)C(F)F)n1. The summed E-state index contributed by atoms with van der Waals surface area (Å²) in [6.45, 7) is 0. The molecule has 27 heavy (non-hydrogen) atoms. The monoisotopic (exact) mass is 405 g/mol. The minimum absolute atomic E-state index is 0.210. The number of sulfonamides is 1. The second-order valence-electron chi connectivity index (χ2n) is 4.78. The van der Waals surface area contributed by atoms with Crippen LogP contribution in [0.2, 0.25) is 0 Å². The molecule has 0 spiro atoms. The van der Waals surface area contributed by atoms with Gasteiger partial charge >= 0.3 is 11.8 Å². The van der Waals surface area contributed by atoms with Gasteiger partial charge in [-0.25, -0.2) is 17.8 Å². The third-order valence-electron chi connectivity index (χ3n) is 3.11. The molecule has 0 saturated heterocycles. The molecule has 0 aliphatic rings. The van der Waals surface area contributed by atoms with Gasteiger partial charge in [0.05, 0.1) is 12.8 Å². The van der Waals surface area contributed by atoms with Crippen molar-refractivity contribution in [2.24, 2.45) is 5.18 Å². The van der Waals surface area contributed by atoms with Crippen LogP contribution >= 0.6 is 0 Å². The number of nitrogens with one attached hydrogen (secondary N) is 1. The molecule has 1 aromatic heterocycles. The van der Waals surface area contributed by atoms with Gasteiger partial charge in [0, 0.05) is 5.56 Å². The van der Waals surface area contributed by atoms with Crippen LogP contribution < -0.4 is 9.46 Å². The van der Waals surface area contributed by atoms with E-state index in [2.05, 4.69) is 20.1 Å². The van der Waals surface area contributed by atoms with Gasteiger partial charge in [-0.05, 0) is 6.07 Å². The molecule has 1 atom stereocenters. The van der Waals surface area contributed by atoms with E-state index in [9.17, 15) is 31.3 Å². The Hall–Kier alpha value is -3.16. The van der Waals surface area contributed by atoms with Crippen LogP contribution in [-0.2, 0) is 10.0 Å². The van der Waals surface area contributed by atoms with Gasteiger partial charge in [0.1, 0.15) is 5.82 Å². The van der Waals surface area contributed by atoms with E-state index in [1.807, 2.05) is 0 Å².